The van der Waals surface area contributed by atoms with Gasteiger partial charge in [0.25, 0.3) is 5.91 Å². The van der Waals surface area contributed by atoms with E-state index in [-0.39, 0.29) is 12.5 Å². The summed E-state index contributed by atoms with van der Waals surface area (Å²) < 4.78 is 5.60. The normalized spacial score (nSPS) is 10.4. The molecule has 0 aliphatic heterocycles. The van der Waals surface area contributed by atoms with Gasteiger partial charge in [-0.2, -0.15) is 0 Å². The van der Waals surface area contributed by atoms with Crippen molar-refractivity contribution in [3.05, 3.63) is 89.1 Å². The molecule has 0 saturated heterocycles. The first-order valence-electron chi connectivity index (χ1n) is 8.27. The Morgan fingerprint density at radius 1 is 1.08 bits per heavy atom. The summed E-state index contributed by atoms with van der Waals surface area (Å²) in [4.78, 5) is 18.7. The summed E-state index contributed by atoms with van der Waals surface area (Å²) in [5.41, 5.74) is 2.20. The number of aromatic nitrogens is 1. The van der Waals surface area contributed by atoms with E-state index in [1.165, 1.54) is 5.56 Å². The molecule has 0 unspecified atom stereocenters. The summed E-state index contributed by atoms with van der Waals surface area (Å²) in [5, 5.41) is 0.566. The van der Waals surface area contributed by atoms with Gasteiger partial charge in [0.05, 0.1) is 6.54 Å². The van der Waals surface area contributed by atoms with Crippen molar-refractivity contribution >= 4 is 23.3 Å². The van der Waals surface area contributed by atoms with Crippen LogP contribution in [0.25, 0.3) is 0 Å². The smallest absolute Gasteiger partial charge is 0.266 e. The average molecular weight is 367 g/mol. The molecule has 0 atom stereocenters. The van der Waals surface area contributed by atoms with Crippen LogP contribution >= 0.6 is 11.6 Å². The molecule has 26 heavy (non-hydrogen) atoms. The van der Waals surface area contributed by atoms with Crippen LogP contribution in [0.1, 0.15) is 11.1 Å². The summed E-state index contributed by atoms with van der Waals surface area (Å²) in [6.45, 7) is 2.36. The molecule has 3 aromatic rings. The van der Waals surface area contributed by atoms with Crippen molar-refractivity contribution in [2.45, 2.75) is 13.5 Å². The first-order chi connectivity index (χ1) is 12.6. The Bertz CT molecular complexity index is 867. The maximum atomic E-state index is 12.8. The number of carbonyl (C=O) groups excluding carboxylic acids is 1. The van der Waals surface area contributed by atoms with Crippen LogP contribution in [0.4, 0.5) is 5.82 Å². The quantitative estimate of drug-likeness (QED) is 0.637. The standard InChI is InChI=1S/C21H19ClN2O2/c1-16-8-10-17(11-9-16)14-24(20-7-2-3-12-23-20)21(25)15-26-19-6-4-5-18(22)13-19/h2-13H,14-15H2,1H3. The third kappa shape index (κ3) is 4.83. The maximum Gasteiger partial charge on any atom is 0.266 e. The zero-order chi connectivity index (χ0) is 18.4. The summed E-state index contributed by atoms with van der Waals surface area (Å²) >= 11 is 5.95. The van der Waals surface area contributed by atoms with E-state index in [1.807, 2.05) is 49.4 Å². The second-order valence-electron chi connectivity index (χ2n) is 5.90. The van der Waals surface area contributed by atoms with Crippen LogP contribution in [0.15, 0.2) is 72.9 Å². The average Bonchev–Trinajstić information content (AvgIpc) is 2.66. The Balaban J connectivity index is 1.76. The van der Waals surface area contributed by atoms with Gasteiger partial charge in [-0.3, -0.25) is 9.69 Å². The number of aryl methyl sites for hydroxylation is 1. The Morgan fingerprint density at radius 2 is 1.88 bits per heavy atom. The first kappa shape index (κ1) is 18.0. The molecular formula is C21H19ClN2O2. The molecule has 0 saturated carbocycles. The molecule has 0 radical (unpaired) electrons. The molecular weight excluding hydrogens is 348 g/mol. The van der Waals surface area contributed by atoms with Gasteiger partial charge in [-0.05, 0) is 42.8 Å². The molecule has 4 nitrogen and oxygen atoms in total. The van der Waals surface area contributed by atoms with Gasteiger partial charge in [0, 0.05) is 11.2 Å². The highest BCUT2D eigenvalue weighted by atomic mass is 35.5. The molecule has 0 N–H and O–H groups in total. The van der Waals surface area contributed by atoms with E-state index in [0.717, 1.165) is 5.56 Å². The van der Waals surface area contributed by atoms with E-state index in [9.17, 15) is 4.79 Å². The minimum atomic E-state index is -0.177. The van der Waals surface area contributed by atoms with Crippen LogP contribution in [-0.2, 0) is 11.3 Å². The highest BCUT2D eigenvalue weighted by molar-refractivity contribution is 6.30. The van der Waals surface area contributed by atoms with Crippen LogP contribution in [-0.4, -0.2) is 17.5 Å². The molecule has 0 bridgehead atoms. The SMILES string of the molecule is Cc1ccc(CN(C(=O)COc2cccc(Cl)c2)c2ccccn2)cc1. The van der Waals surface area contributed by atoms with Crippen molar-refractivity contribution in [2.75, 3.05) is 11.5 Å². The number of amides is 1. The molecule has 1 aromatic heterocycles. The molecule has 0 spiro atoms. The lowest BCUT2D eigenvalue weighted by Crippen LogP contribution is -2.35. The van der Waals surface area contributed by atoms with Crippen LogP contribution in [0.2, 0.25) is 5.02 Å². The van der Waals surface area contributed by atoms with Crippen LogP contribution in [0.3, 0.4) is 0 Å². The summed E-state index contributed by atoms with van der Waals surface area (Å²) in [7, 11) is 0. The van der Waals surface area contributed by atoms with E-state index >= 15 is 0 Å². The number of hydrogen-bond acceptors (Lipinski definition) is 3. The second-order valence-corrected chi connectivity index (χ2v) is 6.34. The number of ether oxygens (including phenoxy) is 1. The fraction of sp³-hybridized carbons (Fsp3) is 0.143. The minimum Gasteiger partial charge on any atom is -0.484 e. The van der Waals surface area contributed by atoms with Gasteiger partial charge >= 0.3 is 0 Å². The van der Waals surface area contributed by atoms with Crippen LogP contribution < -0.4 is 9.64 Å². The Kier molecular flexibility index (Phi) is 5.87. The number of rotatable bonds is 6. The highest BCUT2D eigenvalue weighted by Crippen LogP contribution is 2.19. The van der Waals surface area contributed by atoms with Gasteiger partial charge in [0.1, 0.15) is 11.6 Å². The monoisotopic (exact) mass is 366 g/mol. The van der Waals surface area contributed by atoms with E-state index in [2.05, 4.69) is 4.98 Å². The van der Waals surface area contributed by atoms with E-state index in [0.29, 0.717) is 23.1 Å². The van der Waals surface area contributed by atoms with Gasteiger partial charge in [0.2, 0.25) is 0 Å². The maximum absolute atomic E-state index is 12.8. The number of nitrogens with zero attached hydrogens (tertiary/aromatic N) is 2. The predicted molar refractivity (Wildman–Crippen MR) is 104 cm³/mol. The third-order valence-corrected chi connectivity index (χ3v) is 4.08. The number of pyridine rings is 1. The first-order valence-corrected chi connectivity index (χ1v) is 8.65. The third-order valence-electron chi connectivity index (χ3n) is 3.85. The van der Waals surface area contributed by atoms with Crippen LogP contribution in [0.5, 0.6) is 5.75 Å². The van der Waals surface area contributed by atoms with Gasteiger partial charge < -0.3 is 4.74 Å². The van der Waals surface area contributed by atoms with Crippen molar-refractivity contribution in [3.63, 3.8) is 0 Å². The Hall–Kier alpha value is -2.85. The lowest BCUT2D eigenvalue weighted by Gasteiger charge is -2.22. The minimum absolute atomic E-state index is 0.0945. The highest BCUT2D eigenvalue weighted by Gasteiger charge is 2.18. The van der Waals surface area contributed by atoms with E-state index < -0.39 is 0 Å². The molecule has 1 heterocycles. The largest absolute Gasteiger partial charge is 0.484 e. The van der Waals surface area contributed by atoms with Crippen molar-refractivity contribution in [1.29, 1.82) is 0 Å². The molecule has 5 heteroatoms. The summed E-state index contributed by atoms with van der Waals surface area (Å²) in [5.74, 6) is 0.971. The van der Waals surface area contributed by atoms with Crippen molar-refractivity contribution in [3.8, 4) is 5.75 Å². The lowest BCUT2D eigenvalue weighted by molar-refractivity contribution is -0.120. The topological polar surface area (TPSA) is 42.4 Å². The van der Waals surface area contributed by atoms with Gasteiger partial charge in [-0.15, -0.1) is 0 Å². The molecule has 1 amide bonds. The molecule has 0 aliphatic rings. The van der Waals surface area contributed by atoms with Gasteiger partial charge in [-0.25, -0.2) is 4.98 Å². The molecule has 0 fully saturated rings. The summed E-state index contributed by atoms with van der Waals surface area (Å²) in [6.07, 6.45) is 1.67. The molecule has 3 rings (SSSR count). The predicted octanol–water partition coefficient (Wildman–Crippen LogP) is 4.66. The Labute approximate surface area is 158 Å². The zero-order valence-electron chi connectivity index (χ0n) is 14.4. The van der Waals surface area contributed by atoms with E-state index in [1.54, 1.807) is 35.4 Å². The lowest BCUT2D eigenvalue weighted by atomic mass is 10.1. The van der Waals surface area contributed by atoms with Crippen molar-refractivity contribution in [1.82, 2.24) is 4.98 Å². The fourth-order valence-corrected chi connectivity index (χ4v) is 2.65. The molecule has 0 aliphatic carbocycles. The number of hydrogen-bond donors (Lipinski definition) is 0. The van der Waals surface area contributed by atoms with Crippen molar-refractivity contribution < 1.29 is 9.53 Å². The van der Waals surface area contributed by atoms with Gasteiger partial charge in [0.15, 0.2) is 6.61 Å². The number of halogens is 1. The number of carbonyl (C=O) groups is 1. The van der Waals surface area contributed by atoms with E-state index in [4.69, 9.17) is 16.3 Å². The number of anilines is 1. The molecule has 132 valence electrons. The zero-order valence-corrected chi connectivity index (χ0v) is 15.2. The van der Waals surface area contributed by atoms with Gasteiger partial charge in [-0.1, -0.05) is 53.6 Å². The Morgan fingerprint density at radius 3 is 2.58 bits per heavy atom. The number of benzene rings is 2. The summed E-state index contributed by atoms with van der Waals surface area (Å²) in [6, 6.07) is 20.6. The fourth-order valence-electron chi connectivity index (χ4n) is 2.47. The second kappa shape index (κ2) is 8.50. The molecule has 2 aromatic carbocycles. The van der Waals surface area contributed by atoms with Crippen LogP contribution in [0, 0.1) is 6.92 Å². The van der Waals surface area contributed by atoms with Crippen molar-refractivity contribution in [2.24, 2.45) is 0 Å².